The Kier molecular flexibility index (Phi) is 1.98. The first-order chi connectivity index (χ1) is 6.79. The van der Waals surface area contributed by atoms with Crippen molar-refractivity contribution in [2.24, 2.45) is 0 Å². The van der Waals surface area contributed by atoms with Crippen molar-refractivity contribution in [2.45, 2.75) is 0 Å². The van der Waals surface area contributed by atoms with Crippen LogP contribution in [0.5, 0.6) is 5.88 Å². The Morgan fingerprint density at radius 2 is 2.21 bits per heavy atom. The summed E-state index contributed by atoms with van der Waals surface area (Å²) in [7, 11) is 1.53. The van der Waals surface area contributed by atoms with E-state index in [-0.39, 0.29) is 5.95 Å². The summed E-state index contributed by atoms with van der Waals surface area (Å²) in [6.07, 6.45) is 2.85. The zero-order valence-electron chi connectivity index (χ0n) is 7.45. The van der Waals surface area contributed by atoms with Crippen molar-refractivity contribution in [2.75, 3.05) is 12.8 Å². The first kappa shape index (κ1) is 8.42. The van der Waals surface area contributed by atoms with Crippen LogP contribution in [0.3, 0.4) is 0 Å². The van der Waals surface area contributed by atoms with Crippen molar-refractivity contribution in [1.82, 2.24) is 24.7 Å². The molecule has 0 aliphatic heterocycles. The minimum Gasteiger partial charge on any atom is -0.481 e. The first-order valence-electron chi connectivity index (χ1n) is 3.83. The number of aromatic nitrogens is 5. The van der Waals surface area contributed by atoms with Gasteiger partial charge in [-0.25, -0.2) is 19.6 Å². The molecule has 2 rings (SSSR count). The monoisotopic (exact) mass is 192 g/mol. The highest BCUT2D eigenvalue weighted by Crippen LogP contribution is 2.09. The Labute approximate surface area is 79.6 Å². The molecule has 0 unspecified atom stereocenters. The van der Waals surface area contributed by atoms with Crippen LogP contribution in [0, 0.1) is 0 Å². The van der Waals surface area contributed by atoms with Crippen molar-refractivity contribution in [3.05, 3.63) is 18.7 Å². The summed E-state index contributed by atoms with van der Waals surface area (Å²) in [6, 6.07) is 1.63. The summed E-state index contributed by atoms with van der Waals surface area (Å²) in [5, 5.41) is 3.89. The molecule has 7 nitrogen and oxygen atoms in total. The fourth-order valence-corrected chi connectivity index (χ4v) is 0.953. The predicted octanol–water partition coefficient (Wildman–Crippen LogP) is -0.352. The van der Waals surface area contributed by atoms with Crippen LogP contribution in [0.4, 0.5) is 5.95 Å². The number of anilines is 1. The lowest BCUT2D eigenvalue weighted by atomic mass is 10.5. The molecule has 2 N–H and O–H groups in total. The fourth-order valence-electron chi connectivity index (χ4n) is 0.953. The first-order valence-corrected chi connectivity index (χ1v) is 3.83. The number of rotatable bonds is 2. The molecule has 0 fully saturated rings. The highest BCUT2D eigenvalue weighted by Gasteiger charge is 2.02. The zero-order chi connectivity index (χ0) is 9.97. The fraction of sp³-hybridized carbons (Fsp3) is 0.143. The molecule has 2 aromatic heterocycles. The Balaban J connectivity index is 2.41. The van der Waals surface area contributed by atoms with Gasteiger partial charge in [-0.05, 0) is 0 Å². The van der Waals surface area contributed by atoms with E-state index in [0.29, 0.717) is 11.7 Å². The lowest BCUT2D eigenvalue weighted by molar-refractivity contribution is 0.396. The van der Waals surface area contributed by atoms with Crippen molar-refractivity contribution < 1.29 is 4.74 Å². The zero-order valence-corrected chi connectivity index (χ0v) is 7.45. The van der Waals surface area contributed by atoms with Gasteiger partial charge in [-0.1, -0.05) is 0 Å². The summed E-state index contributed by atoms with van der Waals surface area (Å²) in [6.45, 7) is 0. The van der Waals surface area contributed by atoms with E-state index in [0.717, 1.165) is 0 Å². The molecule has 0 saturated carbocycles. The van der Waals surface area contributed by atoms with Gasteiger partial charge in [0.25, 0.3) is 0 Å². The molecule has 7 heteroatoms. The van der Waals surface area contributed by atoms with Gasteiger partial charge in [0.15, 0.2) is 5.82 Å². The second-order valence-electron chi connectivity index (χ2n) is 2.47. The average Bonchev–Trinajstić information content (AvgIpc) is 2.65. The number of nitrogen functional groups attached to an aromatic ring is 1. The van der Waals surface area contributed by atoms with Crippen molar-refractivity contribution in [3.63, 3.8) is 0 Å². The quantitative estimate of drug-likeness (QED) is 0.699. The molecule has 0 aliphatic rings. The predicted molar refractivity (Wildman–Crippen MR) is 47.9 cm³/mol. The van der Waals surface area contributed by atoms with Gasteiger partial charge in [-0.15, -0.1) is 5.10 Å². The second kappa shape index (κ2) is 3.29. The van der Waals surface area contributed by atoms with Crippen LogP contribution >= 0.6 is 0 Å². The highest BCUT2D eigenvalue weighted by molar-refractivity contribution is 5.26. The van der Waals surface area contributed by atoms with E-state index in [9.17, 15) is 0 Å². The molecule has 2 heterocycles. The molecule has 0 radical (unpaired) electrons. The van der Waals surface area contributed by atoms with Crippen LogP contribution in [0.1, 0.15) is 0 Å². The minimum atomic E-state index is 0.197. The van der Waals surface area contributed by atoms with Crippen LogP contribution in [-0.4, -0.2) is 31.8 Å². The van der Waals surface area contributed by atoms with Crippen LogP contribution in [0.2, 0.25) is 0 Å². The van der Waals surface area contributed by atoms with Gasteiger partial charge in [-0.3, -0.25) is 0 Å². The maximum atomic E-state index is 5.37. The smallest absolute Gasteiger partial charge is 0.239 e. The third kappa shape index (κ3) is 1.47. The molecule has 0 aliphatic carbocycles. The standard InChI is InChI=1S/C7H8N6O/c1-14-6-2-5(9-3-10-6)13-4-11-7(8)12-13/h2-4H,1H3,(H2,8,12). The summed E-state index contributed by atoms with van der Waals surface area (Å²) < 4.78 is 6.38. The number of ether oxygens (including phenoxy) is 1. The van der Waals surface area contributed by atoms with Gasteiger partial charge in [-0.2, -0.15) is 0 Å². The number of hydrogen-bond acceptors (Lipinski definition) is 6. The van der Waals surface area contributed by atoms with E-state index < -0.39 is 0 Å². The summed E-state index contributed by atoms with van der Waals surface area (Å²) >= 11 is 0. The molecule has 0 amide bonds. The average molecular weight is 192 g/mol. The Morgan fingerprint density at radius 1 is 1.36 bits per heavy atom. The number of nitrogens with zero attached hydrogens (tertiary/aromatic N) is 5. The molecule has 0 atom stereocenters. The number of hydrogen-bond donors (Lipinski definition) is 1. The van der Waals surface area contributed by atoms with Crippen LogP contribution in [0.25, 0.3) is 5.82 Å². The topological polar surface area (TPSA) is 91.7 Å². The van der Waals surface area contributed by atoms with E-state index in [2.05, 4.69) is 20.1 Å². The third-order valence-electron chi connectivity index (χ3n) is 1.58. The molecule has 0 spiro atoms. The summed E-state index contributed by atoms with van der Waals surface area (Å²) in [4.78, 5) is 11.6. The van der Waals surface area contributed by atoms with Crippen LogP contribution < -0.4 is 10.5 Å². The van der Waals surface area contributed by atoms with Gasteiger partial charge < -0.3 is 10.5 Å². The molecule has 2 aromatic rings. The second-order valence-corrected chi connectivity index (χ2v) is 2.47. The Hall–Kier alpha value is -2.18. The molecular weight excluding hydrogens is 184 g/mol. The molecule has 0 saturated heterocycles. The van der Waals surface area contributed by atoms with Crippen LogP contribution in [-0.2, 0) is 0 Å². The molecular formula is C7H8N6O. The molecule has 14 heavy (non-hydrogen) atoms. The Morgan fingerprint density at radius 3 is 2.86 bits per heavy atom. The summed E-state index contributed by atoms with van der Waals surface area (Å²) in [5.74, 6) is 1.22. The molecule has 0 aromatic carbocycles. The van der Waals surface area contributed by atoms with Gasteiger partial charge in [0.2, 0.25) is 11.8 Å². The van der Waals surface area contributed by atoms with Gasteiger partial charge >= 0.3 is 0 Å². The summed E-state index contributed by atoms with van der Waals surface area (Å²) in [5.41, 5.74) is 5.37. The van der Waals surface area contributed by atoms with Gasteiger partial charge in [0, 0.05) is 6.07 Å². The van der Waals surface area contributed by atoms with E-state index in [1.54, 1.807) is 6.07 Å². The molecule has 72 valence electrons. The van der Waals surface area contributed by atoms with Crippen LogP contribution in [0.15, 0.2) is 18.7 Å². The normalized spacial score (nSPS) is 10.1. The van der Waals surface area contributed by atoms with Crippen molar-refractivity contribution in [1.29, 1.82) is 0 Å². The van der Waals surface area contributed by atoms with E-state index in [4.69, 9.17) is 10.5 Å². The molecule has 0 bridgehead atoms. The Bertz CT molecular complexity index is 439. The van der Waals surface area contributed by atoms with E-state index in [1.807, 2.05) is 0 Å². The SMILES string of the molecule is COc1cc(-n2cnc(N)n2)ncn1. The van der Waals surface area contributed by atoms with E-state index >= 15 is 0 Å². The van der Waals surface area contributed by atoms with Crippen molar-refractivity contribution in [3.8, 4) is 11.7 Å². The van der Waals surface area contributed by atoms with E-state index in [1.165, 1.54) is 24.4 Å². The highest BCUT2D eigenvalue weighted by atomic mass is 16.5. The lowest BCUT2D eigenvalue weighted by Gasteiger charge is -2.00. The lowest BCUT2D eigenvalue weighted by Crippen LogP contribution is -2.00. The van der Waals surface area contributed by atoms with Gasteiger partial charge in [0.05, 0.1) is 7.11 Å². The van der Waals surface area contributed by atoms with Gasteiger partial charge in [0.1, 0.15) is 12.7 Å². The maximum Gasteiger partial charge on any atom is 0.239 e. The number of methoxy groups -OCH3 is 1. The number of nitrogens with two attached hydrogens (primary N) is 1. The minimum absolute atomic E-state index is 0.197. The maximum absolute atomic E-state index is 5.37. The van der Waals surface area contributed by atoms with Crippen molar-refractivity contribution >= 4 is 5.95 Å². The third-order valence-corrected chi connectivity index (χ3v) is 1.58. The largest absolute Gasteiger partial charge is 0.481 e.